The molecular weight excluding hydrogens is 350 g/mol. The maximum Gasteiger partial charge on any atom is 0.236 e. The van der Waals surface area contributed by atoms with Crippen LogP contribution in [0.5, 0.6) is 0 Å². The normalized spacial score (nSPS) is 18.8. The Bertz CT molecular complexity index is 749. The van der Waals surface area contributed by atoms with E-state index in [4.69, 9.17) is 4.74 Å². The van der Waals surface area contributed by atoms with Crippen molar-refractivity contribution in [3.8, 4) is 11.1 Å². The minimum absolute atomic E-state index is 0.242. The van der Waals surface area contributed by atoms with Crippen molar-refractivity contribution in [1.29, 1.82) is 0 Å². The van der Waals surface area contributed by atoms with E-state index in [1.54, 1.807) is 0 Å². The molecule has 0 aliphatic carbocycles. The van der Waals surface area contributed by atoms with E-state index in [1.165, 1.54) is 16.8 Å². The van der Waals surface area contributed by atoms with Crippen LogP contribution < -0.4 is 5.32 Å². The van der Waals surface area contributed by atoms with Gasteiger partial charge in [0.1, 0.15) is 0 Å². The molecule has 1 N–H and O–H groups in total. The van der Waals surface area contributed by atoms with Crippen molar-refractivity contribution >= 4 is 11.6 Å². The molecule has 5 nitrogen and oxygen atoms in total. The maximum absolute atomic E-state index is 12.4. The molecule has 28 heavy (non-hydrogen) atoms. The van der Waals surface area contributed by atoms with Gasteiger partial charge in [0.05, 0.1) is 19.8 Å². The van der Waals surface area contributed by atoms with Crippen LogP contribution >= 0.6 is 0 Å². The number of benzene rings is 2. The zero-order chi connectivity index (χ0) is 19.2. The van der Waals surface area contributed by atoms with Crippen LogP contribution in [0.1, 0.15) is 12.8 Å². The Kier molecular flexibility index (Phi) is 6.24. The monoisotopic (exact) mass is 379 g/mol. The topological polar surface area (TPSA) is 44.8 Å². The minimum Gasteiger partial charge on any atom is -0.382 e. The van der Waals surface area contributed by atoms with Crippen molar-refractivity contribution in [2.45, 2.75) is 18.9 Å². The fourth-order valence-electron chi connectivity index (χ4n) is 3.96. The lowest BCUT2D eigenvalue weighted by Crippen LogP contribution is -2.48. The standard InChI is InChI=1S/C23H29N3O2/c27-23(26-14-16-28-17-15-26)18-25-12-10-22(11-13-25)24-21-8-6-20(7-9-21)19-4-2-1-3-5-19/h1-9,22,24H,10-18H2. The first-order chi connectivity index (χ1) is 13.8. The Hall–Kier alpha value is -2.37. The number of ether oxygens (including phenoxy) is 1. The SMILES string of the molecule is O=C(CN1CCC(Nc2ccc(-c3ccccc3)cc2)CC1)N1CCOCC1. The van der Waals surface area contributed by atoms with E-state index in [1.807, 2.05) is 11.0 Å². The molecule has 2 aliphatic rings. The summed E-state index contributed by atoms with van der Waals surface area (Å²) in [5, 5.41) is 3.66. The van der Waals surface area contributed by atoms with Crippen molar-refractivity contribution < 1.29 is 9.53 Å². The van der Waals surface area contributed by atoms with E-state index in [9.17, 15) is 4.79 Å². The lowest BCUT2D eigenvalue weighted by molar-refractivity contribution is -0.136. The van der Waals surface area contributed by atoms with Crippen LogP contribution in [0, 0.1) is 0 Å². The smallest absolute Gasteiger partial charge is 0.236 e. The quantitative estimate of drug-likeness (QED) is 0.867. The number of carbonyl (C=O) groups excluding carboxylic acids is 1. The van der Waals surface area contributed by atoms with E-state index in [-0.39, 0.29) is 5.91 Å². The average molecular weight is 380 g/mol. The van der Waals surface area contributed by atoms with Crippen LogP contribution in [-0.2, 0) is 9.53 Å². The number of nitrogens with one attached hydrogen (secondary N) is 1. The third-order valence-corrected chi connectivity index (χ3v) is 5.67. The number of amides is 1. The first-order valence-electron chi connectivity index (χ1n) is 10.3. The Morgan fingerprint density at radius 3 is 2.21 bits per heavy atom. The van der Waals surface area contributed by atoms with Gasteiger partial charge in [0, 0.05) is 37.9 Å². The van der Waals surface area contributed by atoms with Gasteiger partial charge in [-0.2, -0.15) is 0 Å². The first kappa shape index (κ1) is 19.0. The minimum atomic E-state index is 0.242. The number of hydrogen-bond acceptors (Lipinski definition) is 4. The highest BCUT2D eigenvalue weighted by atomic mass is 16.5. The molecule has 148 valence electrons. The molecule has 0 atom stereocenters. The summed E-state index contributed by atoms with van der Waals surface area (Å²) in [5.74, 6) is 0.242. The van der Waals surface area contributed by atoms with E-state index in [0.717, 1.165) is 39.0 Å². The molecule has 0 aromatic heterocycles. The molecule has 2 heterocycles. The van der Waals surface area contributed by atoms with Gasteiger partial charge in [-0.1, -0.05) is 42.5 Å². The van der Waals surface area contributed by atoms with Gasteiger partial charge in [0.15, 0.2) is 0 Å². The molecule has 2 aromatic carbocycles. The summed E-state index contributed by atoms with van der Waals surface area (Å²) in [6.07, 6.45) is 2.13. The van der Waals surface area contributed by atoms with Crippen molar-refractivity contribution in [1.82, 2.24) is 9.80 Å². The zero-order valence-corrected chi connectivity index (χ0v) is 16.3. The number of anilines is 1. The molecule has 0 bridgehead atoms. The molecular formula is C23H29N3O2. The molecule has 0 unspecified atom stereocenters. The first-order valence-corrected chi connectivity index (χ1v) is 10.3. The van der Waals surface area contributed by atoms with Crippen molar-refractivity contribution in [2.75, 3.05) is 51.3 Å². The van der Waals surface area contributed by atoms with Crippen LogP contribution in [-0.4, -0.2) is 67.7 Å². The molecule has 2 saturated heterocycles. The Balaban J connectivity index is 1.23. The fraction of sp³-hybridized carbons (Fsp3) is 0.435. The summed E-state index contributed by atoms with van der Waals surface area (Å²) in [5.41, 5.74) is 3.65. The van der Waals surface area contributed by atoms with Gasteiger partial charge in [0.25, 0.3) is 0 Å². The second kappa shape index (κ2) is 9.22. The third kappa shape index (κ3) is 4.91. The highest BCUT2D eigenvalue weighted by Gasteiger charge is 2.23. The van der Waals surface area contributed by atoms with Gasteiger partial charge in [-0.15, -0.1) is 0 Å². The number of hydrogen-bond donors (Lipinski definition) is 1. The average Bonchev–Trinajstić information content (AvgIpc) is 2.77. The molecule has 2 fully saturated rings. The second-order valence-corrected chi connectivity index (χ2v) is 7.63. The van der Waals surface area contributed by atoms with E-state index >= 15 is 0 Å². The molecule has 2 aromatic rings. The Morgan fingerprint density at radius 2 is 1.54 bits per heavy atom. The molecule has 4 rings (SSSR count). The lowest BCUT2D eigenvalue weighted by atomic mass is 10.0. The van der Waals surface area contributed by atoms with Gasteiger partial charge < -0.3 is 15.0 Å². The van der Waals surface area contributed by atoms with Gasteiger partial charge in [-0.3, -0.25) is 9.69 Å². The Morgan fingerprint density at radius 1 is 0.893 bits per heavy atom. The molecule has 2 aliphatic heterocycles. The zero-order valence-electron chi connectivity index (χ0n) is 16.3. The summed E-state index contributed by atoms with van der Waals surface area (Å²) < 4.78 is 5.33. The number of nitrogens with zero attached hydrogens (tertiary/aromatic N) is 2. The number of rotatable bonds is 5. The summed E-state index contributed by atoms with van der Waals surface area (Å²) in [4.78, 5) is 16.6. The number of piperidine rings is 1. The summed E-state index contributed by atoms with van der Waals surface area (Å²) >= 11 is 0. The van der Waals surface area contributed by atoms with Crippen LogP contribution in [0.15, 0.2) is 54.6 Å². The van der Waals surface area contributed by atoms with Gasteiger partial charge in [-0.05, 0) is 36.1 Å². The van der Waals surface area contributed by atoms with Crippen LogP contribution in [0.2, 0.25) is 0 Å². The predicted molar refractivity (Wildman–Crippen MR) is 112 cm³/mol. The Labute approximate surface area is 167 Å². The van der Waals surface area contributed by atoms with Crippen molar-refractivity contribution in [3.63, 3.8) is 0 Å². The molecule has 0 radical (unpaired) electrons. The lowest BCUT2D eigenvalue weighted by Gasteiger charge is -2.34. The van der Waals surface area contributed by atoms with Crippen LogP contribution in [0.4, 0.5) is 5.69 Å². The molecule has 1 amide bonds. The fourth-order valence-corrected chi connectivity index (χ4v) is 3.96. The van der Waals surface area contributed by atoms with E-state index < -0.39 is 0 Å². The van der Waals surface area contributed by atoms with Crippen LogP contribution in [0.3, 0.4) is 0 Å². The highest BCUT2D eigenvalue weighted by molar-refractivity contribution is 5.78. The number of carbonyl (C=O) groups is 1. The largest absolute Gasteiger partial charge is 0.382 e. The molecule has 5 heteroatoms. The van der Waals surface area contributed by atoms with Crippen LogP contribution in [0.25, 0.3) is 11.1 Å². The third-order valence-electron chi connectivity index (χ3n) is 5.67. The highest BCUT2D eigenvalue weighted by Crippen LogP contribution is 2.23. The van der Waals surface area contributed by atoms with E-state index in [0.29, 0.717) is 25.8 Å². The van der Waals surface area contributed by atoms with Gasteiger partial charge >= 0.3 is 0 Å². The van der Waals surface area contributed by atoms with Crippen molar-refractivity contribution in [2.24, 2.45) is 0 Å². The number of likely N-dealkylation sites (tertiary alicyclic amines) is 1. The number of morpholine rings is 1. The predicted octanol–water partition coefficient (Wildman–Crippen LogP) is 3.09. The maximum atomic E-state index is 12.4. The summed E-state index contributed by atoms with van der Waals surface area (Å²) in [7, 11) is 0. The molecule has 0 saturated carbocycles. The molecule has 0 spiro atoms. The summed E-state index contributed by atoms with van der Waals surface area (Å²) in [6, 6.07) is 19.6. The van der Waals surface area contributed by atoms with Gasteiger partial charge in [0.2, 0.25) is 5.91 Å². The van der Waals surface area contributed by atoms with Gasteiger partial charge in [-0.25, -0.2) is 0 Å². The van der Waals surface area contributed by atoms with E-state index in [2.05, 4.69) is 58.7 Å². The van der Waals surface area contributed by atoms with Crippen molar-refractivity contribution in [3.05, 3.63) is 54.6 Å². The summed E-state index contributed by atoms with van der Waals surface area (Å²) in [6.45, 7) is 5.28. The second-order valence-electron chi connectivity index (χ2n) is 7.63.